The lowest BCUT2D eigenvalue weighted by molar-refractivity contribution is -0.112. The number of likely N-dealkylation sites (tertiary alicyclic amines) is 2. The van der Waals surface area contributed by atoms with Crippen molar-refractivity contribution in [2.75, 3.05) is 13.1 Å². The summed E-state index contributed by atoms with van der Waals surface area (Å²) in [6.45, 7) is 7.51. The third-order valence-corrected chi connectivity index (χ3v) is 5.31. The summed E-state index contributed by atoms with van der Waals surface area (Å²) in [5.74, 6) is 0.273. The highest BCUT2D eigenvalue weighted by Gasteiger charge is 2.48. The molecule has 0 spiro atoms. The molecule has 2 atom stereocenters. The van der Waals surface area contributed by atoms with Crippen molar-refractivity contribution >= 4 is 12.4 Å². The SMILES string of the molecule is CC(C)(C)OC(=O)N1CC2C[C@H]1CN2C1CCC(C=O)CC1. The Hall–Kier alpha value is -1.10. The molecule has 1 unspecified atom stereocenters. The van der Waals surface area contributed by atoms with Gasteiger partial charge in [0.05, 0.1) is 0 Å². The van der Waals surface area contributed by atoms with E-state index in [1.807, 2.05) is 25.7 Å². The van der Waals surface area contributed by atoms with Gasteiger partial charge in [0, 0.05) is 37.1 Å². The van der Waals surface area contributed by atoms with Crippen molar-refractivity contribution in [3.8, 4) is 0 Å². The van der Waals surface area contributed by atoms with Gasteiger partial charge in [-0.25, -0.2) is 4.79 Å². The van der Waals surface area contributed by atoms with Gasteiger partial charge in [-0.15, -0.1) is 0 Å². The summed E-state index contributed by atoms with van der Waals surface area (Å²) < 4.78 is 5.51. The summed E-state index contributed by atoms with van der Waals surface area (Å²) in [6.07, 6.45) is 6.33. The van der Waals surface area contributed by atoms with Crippen molar-refractivity contribution in [3.63, 3.8) is 0 Å². The molecule has 2 heterocycles. The van der Waals surface area contributed by atoms with Crippen molar-refractivity contribution in [2.24, 2.45) is 5.92 Å². The summed E-state index contributed by atoms with van der Waals surface area (Å²) in [7, 11) is 0. The lowest BCUT2D eigenvalue weighted by Crippen LogP contribution is -2.53. The van der Waals surface area contributed by atoms with Crippen LogP contribution in [0.1, 0.15) is 52.9 Å². The molecule has 3 fully saturated rings. The Kier molecular flexibility index (Phi) is 4.19. The fourth-order valence-corrected chi connectivity index (χ4v) is 4.26. The molecule has 1 saturated carbocycles. The summed E-state index contributed by atoms with van der Waals surface area (Å²) in [4.78, 5) is 27.6. The zero-order valence-electron chi connectivity index (χ0n) is 14.0. The molecule has 0 aromatic rings. The zero-order chi connectivity index (χ0) is 15.9. The summed E-state index contributed by atoms with van der Waals surface area (Å²) in [5, 5.41) is 0. The second-order valence-corrected chi connectivity index (χ2v) is 8.08. The molecule has 2 saturated heterocycles. The first-order valence-electron chi connectivity index (χ1n) is 8.58. The van der Waals surface area contributed by atoms with Gasteiger partial charge in [-0.05, 0) is 52.9 Å². The van der Waals surface area contributed by atoms with Gasteiger partial charge in [0.25, 0.3) is 0 Å². The van der Waals surface area contributed by atoms with E-state index in [0.29, 0.717) is 18.1 Å². The molecule has 0 aromatic carbocycles. The number of aldehydes is 1. The van der Waals surface area contributed by atoms with Crippen molar-refractivity contribution in [3.05, 3.63) is 0 Å². The van der Waals surface area contributed by atoms with E-state index in [2.05, 4.69) is 4.90 Å². The summed E-state index contributed by atoms with van der Waals surface area (Å²) in [6, 6.07) is 1.39. The highest BCUT2D eigenvalue weighted by Crippen LogP contribution is 2.37. The smallest absolute Gasteiger partial charge is 0.410 e. The molecular formula is C17H28N2O3. The lowest BCUT2D eigenvalue weighted by Gasteiger charge is -2.41. The minimum atomic E-state index is -0.425. The Morgan fingerprint density at radius 1 is 1.05 bits per heavy atom. The van der Waals surface area contributed by atoms with Crippen molar-refractivity contribution in [2.45, 2.75) is 76.6 Å². The van der Waals surface area contributed by atoms with E-state index in [1.165, 1.54) is 0 Å². The van der Waals surface area contributed by atoms with Gasteiger partial charge < -0.3 is 14.4 Å². The number of amides is 1. The molecule has 3 rings (SSSR count). The van der Waals surface area contributed by atoms with E-state index in [4.69, 9.17) is 4.74 Å². The Morgan fingerprint density at radius 2 is 1.73 bits per heavy atom. The highest BCUT2D eigenvalue weighted by atomic mass is 16.6. The number of rotatable bonds is 2. The number of hydrogen-bond donors (Lipinski definition) is 0. The summed E-state index contributed by atoms with van der Waals surface area (Å²) in [5.41, 5.74) is -0.425. The van der Waals surface area contributed by atoms with Gasteiger partial charge in [-0.3, -0.25) is 4.90 Å². The number of fused-ring (bicyclic) bond motifs is 2. The first-order valence-corrected chi connectivity index (χ1v) is 8.58. The van der Waals surface area contributed by atoms with Crippen molar-refractivity contribution in [1.29, 1.82) is 0 Å². The monoisotopic (exact) mass is 308 g/mol. The quantitative estimate of drug-likeness (QED) is 0.735. The van der Waals surface area contributed by atoms with Crippen LogP contribution < -0.4 is 0 Å². The molecule has 0 N–H and O–H groups in total. The van der Waals surface area contributed by atoms with Crippen LogP contribution >= 0.6 is 0 Å². The first-order chi connectivity index (χ1) is 10.4. The predicted octanol–water partition coefficient (Wildman–Crippen LogP) is 2.44. The third-order valence-electron chi connectivity index (χ3n) is 5.31. The van der Waals surface area contributed by atoms with Crippen LogP contribution in [0, 0.1) is 5.92 Å². The number of carbonyl (C=O) groups is 2. The van der Waals surface area contributed by atoms with Crippen LogP contribution in [0.5, 0.6) is 0 Å². The van der Waals surface area contributed by atoms with E-state index < -0.39 is 5.60 Å². The third kappa shape index (κ3) is 3.14. The zero-order valence-corrected chi connectivity index (χ0v) is 14.0. The molecule has 0 radical (unpaired) electrons. The van der Waals surface area contributed by atoms with Gasteiger partial charge in [0.1, 0.15) is 11.9 Å². The van der Waals surface area contributed by atoms with Crippen molar-refractivity contribution in [1.82, 2.24) is 9.80 Å². The number of carbonyl (C=O) groups excluding carboxylic acids is 2. The second kappa shape index (κ2) is 5.84. The molecule has 3 aliphatic rings. The van der Waals surface area contributed by atoms with Crippen LogP contribution in [0.3, 0.4) is 0 Å². The van der Waals surface area contributed by atoms with E-state index in [0.717, 1.165) is 51.5 Å². The van der Waals surface area contributed by atoms with Crippen LogP contribution in [0.2, 0.25) is 0 Å². The summed E-state index contributed by atoms with van der Waals surface area (Å²) >= 11 is 0. The highest BCUT2D eigenvalue weighted by molar-refractivity contribution is 5.69. The average Bonchev–Trinajstić information content (AvgIpc) is 3.05. The standard InChI is InChI=1S/C17H28N2O3/c1-17(2,3)22-16(21)19-10-14-8-15(19)9-18(14)13-6-4-12(11-20)5-7-13/h11-15H,4-10H2,1-3H3/t12?,13?,14?,15-/m0/s1. The lowest BCUT2D eigenvalue weighted by atomic mass is 9.86. The minimum absolute atomic E-state index is 0.163. The molecule has 124 valence electrons. The number of piperazine rings is 1. The maximum Gasteiger partial charge on any atom is 0.410 e. The fraction of sp³-hybridized carbons (Fsp3) is 0.882. The largest absolute Gasteiger partial charge is 0.444 e. The minimum Gasteiger partial charge on any atom is -0.444 e. The molecule has 1 aliphatic carbocycles. The topological polar surface area (TPSA) is 49.9 Å². The molecule has 1 amide bonds. The Bertz CT molecular complexity index is 438. The van der Waals surface area contributed by atoms with Crippen molar-refractivity contribution < 1.29 is 14.3 Å². The average molecular weight is 308 g/mol. The number of ether oxygens (including phenoxy) is 1. The Labute approximate surface area is 133 Å². The molecule has 5 nitrogen and oxygen atoms in total. The molecule has 0 aromatic heterocycles. The molecule has 22 heavy (non-hydrogen) atoms. The number of hydrogen-bond acceptors (Lipinski definition) is 4. The Morgan fingerprint density at radius 3 is 2.23 bits per heavy atom. The number of nitrogens with zero attached hydrogens (tertiary/aromatic N) is 2. The van der Waals surface area contributed by atoms with E-state index in [9.17, 15) is 9.59 Å². The maximum atomic E-state index is 12.3. The van der Waals surface area contributed by atoms with Gasteiger partial charge >= 0.3 is 6.09 Å². The van der Waals surface area contributed by atoms with Crippen LogP contribution in [-0.4, -0.2) is 59.0 Å². The van der Waals surface area contributed by atoms with Crippen LogP contribution in [-0.2, 0) is 9.53 Å². The molecule has 2 bridgehead atoms. The van der Waals surface area contributed by atoms with E-state index in [1.54, 1.807) is 0 Å². The van der Waals surface area contributed by atoms with Gasteiger partial charge in [0.2, 0.25) is 0 Å². The van der Waals surface area contributed by atoms with E-state index >= 15 is 0 Å². The molecule has 2 aliphatic heterocycles. The van der Waals surface area contributed by atoms with Crippen LogP contribution in [0.4, 0.5) is 4.79 Å². The predicted molar refractivity (Wildman–Crippen MR) is 83.6 cm³/mol. The van der Waals surface area contributed by atoms with Gasteiger partial charge in [0.15, 0.2) is 0 Å². The van der Waals surface area contributed by atoms with Crippen LogP contribution in [0.15, 0.2) is 0 Å². The van der Waals surface area contributed by atoms with E-state index in [-0.39, 0.29) is 12.0 Å². The molecule has 5 heteroatoms. The fourth-order valence-electron chi connectivity index (χ4n) is 4.26. The van der Waals surface area contributed by atoms with Gasteiger partial charge in [-0.1, -0.05) is 0 Å². The normalized spacial score (nSPS) is 35.7. The maximum absolute atomic E-state index is 12.3. The Balaban J connectivity index is 1.54. The first kappa shape index (κ1) is 15.8. The second-order valence-electron chi connectivity index (χ2n) is 8.08. The molecular weight excluding hydrogens is 280 g/mol. The van der Waals surface area contributed by atoms with Crippen LogP contribution in [0.25, 0.3) is 0 Å². The van der Waals surface area contributed by atoms with Gasteiger partial charge in [-0.2, -0.15) is 0 Å².